The molecule has 0 aromatic heterocycles. The van der Waals surface area contributed by atoms with Crippen molar-refractivity contribution in [1.29, 1.82) is 0 Å². The topological polar surface area (TPSA) is 159 Å². The Balaban J connectivity index is 1.67. The molecule has 8 heteroatoms. The summed E-state index contributed by atoms with van der Waals surface area (Å²) in [7, 11) is 0. The lowest BCUT2D eigenvalue weighted by Crippen LogP contribution is -2.74. The van der Waals surface area contributed by atoms with Crippen molar-refractivity contribution in [2.75, 3.05) is 0 Å². The quantitative estimate of drug-likeness (QED) is 0.246. The van der Waals surface area contributed by atoms with E-state index in [1.165, 1.54) is 0 Å². The van der Waals surface area contributed by atoms with Gasteiger partial charge >= 0.3 is 0 Å². The van der Waals surface area contributed by atoms with E-state index in [4.69, 9.17) is 0 Å². The van der Waals surface area contributed by atoms with Crippen molar-refractivity contribution in [2.24, 2.45) is 58.2 Å². The Hall–Kier alpha value is -0.610. The van der Waals surface area contributed by atoms with E-state index in [0.29, 0.717) is 6.42 Å². The van der Waals surface area contributed by atoms with Crippen LogP contribution in [0.3, 0.4) is 0 Å². The minimum atomic E-state index is -1.30. The number of rotatable bonds is 0. The van der Waals surface area contributed by atoms with Crippen LogP contribution in [0.25, 0.3) is 0 Å². The van der Waals surface area contributed by atoms with Gasteiger partial charge in [0.05, 0.1) is 42.7 Å². The predicted octanol–water partition coefficient (Wildman–Crippen LogP) is -0.698. The molecule has 8 nitrogen and oxygen atoms in total. The van der Waals surface area contributed by atoms with Gasteiger partial charge in [-0.3, -0.25) is 4.79 Å². The average Bonchev–Trinajstić information content (AvgIpc) is 2.98. The third-order valence-corrected chi connectivity index (χ3v) is 11.4. The first-order valence-electron chi connectivity index (χ1n) is 12.6. The van der Waals surface area contributed by atoms with Crippen molar-refractivity contribution in [1.82, 2.24) is 0 Å². The molecule has 0 amide bonds. The number of carbonyl (C=O) groups excluding carboxylic acids is 1. The first-order chi connectivity index (χ1) is 15.3. The molecule has 5 rings (SSSR count). The van der Waals surface area contributed by atoms with E-state index in [1.54, 1.807) is 6.92 Å². The third-order valence-electron chi connectivity index (χ3n) is 11.4. The van der Waals surface area contributed by atoms with E-state index in [9.17, 15) is 40.5 Å². The van der Waals surface area contributed by atoms with Gasteiger partial charge in [0, 0.05) is 29.1 Å². The van der Waals surface area contributed by atoms with Gasteiger partial charge in [-0.1, -0.05) is 27.7 Å². The zero-order valence-electron chi connectivity index (χ0n) is 19.8. The van der Waals surface area contributed by atoms with Crippen molar-refractivity contribution in [3.63, 3.8) is 0 Å². The summed E-state index contributed by atoms with van der Waals surface area (Å²) in [6, 6.07) is 0. The number of ketones is 1. The normalized spacial score (nSPS) is 65.1. The lowest BCUT2D eigenvalue weighted by Gasteiger charge is -2.67. The molecule has 5 fully saturated rings. The first-order valence-corrected chi connectivity index (χ1v) is 12.6. The highest BCUT2D eigenvalue weighted by atomic mass is 16.3. The number of aliphatic hydroxyl groups excluding tert-OH is 7. The van der Waals surface area contributed by atoms with Gasteiger partial charge in [-0.25, -0.2) is 0 Å². The predicted molar refractivity (Wildman–Crippen MR) is 116 cm³/mol. The number of fused-ring (bicyclic) bond motifs is 7. The molecule has 0 aromatic rings. The molecule has 7 N–H and O–H groups in total. The van der Waals surface area contributed by atoms with E-state index >= 15 is 0 Å². The maximum atomic E-state index is 12.7. The molecule has 0 radical (unpaired) electrons. The molecule has 188 valence electrons. The maximum Gasteiger partial charge on any atom is 0.136 e. The first kappa shape index (κ1) is 24.1. The van der Waals surface area contributed by atoms with Gasteiger partial charge in [-0.05, 0) is 48.3 Å². The monoisotopic (exact) mass is 468 g/mol. The van der Waals surface area contributed by atoms with Gasteiger partial charge < -0.3 is 35.7 Å². The van der Waals surface area contributed by atoms with Crippen molar-refractivity contribution >= 4 is 5.78 Å². The number of aliphatic hydroxyl groups is 7. The fourth-order valence-corrected chi connectivity index (χ4v) is 10.0. The van der Waals surface area contributed by atoms with Gasteiger partial charge in [0.2, 0.25) is 0 Å². The van der Waals surface area contributed by atoms with E-state index in [-0.39, 0.29) is 30.5 Å². The standard InChI is InChI=1S/C25H40O8/c1-8-5-12(27)9(2)14-16(8)25(4)17(20(14)30)15-18(22(32)23(25)33)24(3)11(19(29)21(15)31)6-10(26)7-13(24)28/h8-11,13-23,26,28-33H,5-7H2,1-4H3/t8-,9-,10+,11?,13+,14?,15?,16?,17?,18?,19+,20+,21?,22+,23+,24?,25-/m1/s1. The van der Waals surface area contributed by atoms with Crippen molar-refractivity contribution in [3.8, 4) is 0 Å². The molecule has 0 heterocycles. The number of carbonyl (C=O) groups is 1. The maximum absolute atomic E-state index is 12.7. The van der Waals surface area contributed by atoms with Gasteiger partial charge in [-0.15, -0.1) is 0 Å². The van der Waals surface area contributed by atoms with Crippen LogP contribution in [0, 0.1) is 58.2 Å². The highest BCUT2D eigenvalue weighted by Crippen LogP contribution is 2.70. The molecular formula is C25H40O8. The second kappa shape index (κ2) is 7.45. The van der Waals surface area contributed by atoms with E-state index < -0.39 is 89.1 Å². The molecular weight excluding hydrogens is 428 g/mol. The van der Waals surface area contributed by atoms with Gasteiger partial charge in [-0.2, -0.15) is 0 Å². The Labute approximate surface area is 194 Å². The van der Waals surface area contributed by atoms with E-state index in [1.807, 2.05) is 20.8 Å². The summed E-state index contributed by atoms with van der Waals surface area (Å²) in [6.45, 7) is 7.38. The third kappa shape index (κ3) is 2.74. The molecule has 0 bridgehead atoms. The van der Waals surface area contributed by atoms with Crippen LogP contribution in [-0.4, -0.2) is 84.3 Å². The summed E-state index contributed by atoms with van der Waals surface area (Å²) in [4.78, 5) is 12.7. The zero-order chi connectivity index (χ0) is 24.4. The molecule has 0 aromatic carbocycles. The zero-order valence-corrected chi connectivity index (χ0v) is 19.8. The minimum Gasteiger partial charge on any atom is -0.393 e. The highest BCUT2D eigenvalue weighted by Gasteiger charge is 2.76. The molecule has 0 saturated heterocycles. The average molecular weight is 469 g/mol. The Morgan fingerprint density at radius 3 is 1.97 bits per heavy atom. The lowest BCUT2D eigenvalue weighted by atomic mass is 9.41. The molecule has 5 aliphatic rings. The molecule has 0 aliphatic heterocycles. The van der Waals surface area contributed by atoms with Crippen LogP contribution < -0.4 is 0 Å². The summed E-state index contributed by atoms with van der Waals surface area (Å²) in [5.74, 6) is -3.97. The van der Waals surface area contributed by atoms with Crippen LogP contribution in [0.2, 0.25) is 0 Å². The van der Waals surface area contributed by atoms with Crippen LogP contribution in [-0.2, 0) is 4.79 Å². The van der Waals surface area contributed by atoms with Crippen LogP contribution in [0.15, 0.2) is 0 Å². The van der Waals surface area contributed by atoms with Gasteiger partial charge in [0.25, 0.3) is 0 Å². The fourth-order valence-electron chi connectivity index (χ4n) is 10.0. The van der Waals surface area contributed by atoms with E-state index in [0.717, 1.165) is 0 Å². The lowest BCUT2D eigenvalue weighted by molar-refractivity contribution is -0.301. The fraction of sp³-hybridized carbons (Fsp3) is 0.960. The summed E-state index contributed by atoms with van der Waals surface area (Å²) < 4.78 is 0. The molecule has 5 saturated carbocycles. The summed E-state index contributed by atoms with van der Waals surface area (Å²) in [6.07, 6.45) is -7.34. The van der Waals surface area contributed by atoms with E-state index in [2.05, 4.69) is 0 Å². The van der Waals surface area contributed by atoms with Crippen LogP contribution in [0.4, 0.5) is 0 Å². The number of Topliss-reactive ketones (excluding diaryl/α,β-unsaturated/α-hetero) is 1. The largest absolute Gasteiger partial charge is 0.393 e. The SMILES string of the molecule is C[C@@H]1CC(=O)[C@@H](C)C2C1[C@]1(C)C(C3C(O)[C@@H](O)C4C[C@H](O)C[C@H](O)C4(C)C3[C@H](O)[C@@H]1O)[C@H]2O. The van der Waals surface area contributed by atoms with Gasteiger partial charge in [0.15, 0.2) is 0 Å². The number of hydrogen-bond donors (Lipinski definition) is 7. The van der Waals surface area contributed by atoms with Crippen molar-refractivity contribution in [3.05, 3.63) is 0 Å². The van der Waals surface area contributed by atoms with Crippen molar-refractivity contribution in [2.45, 2.75) is 89.7 Å². The van der Waals surface area contributed by atoms with Crippen LogP contribution in [0.5, 0.6) is 0 Å². The molecule has 0 spiro atoms. The Bertz CT molecular complexity index is 820. The smallest absolute Gasteiger partial charge is 0.136 e. The highest BCUT2D eigenvalue weighted by molar-refractivity contribution is 5.82. The summed E-state index contributed by atoms with van der Waals surface area (Å²) in [5.41, 5.74) is -2.03. The molecule has 8 unspecified atom stereocenters. The minimum absolute atomic E-state index is 0.0737. The molecule has 33 heavy (non-hydrogen) atoms. The van der Waals surface area contributed by atoms with Crippen LogP contribution >= 0.6 is 0 Å². The number of hydrogen-bond acceptors (Lipinski definition) is 8. The van der Waals surface area contributed by atoms with Crippen molar-refractivity contribution < 1.29 is 40.5 Å². The second-order valence-electron chi connectivity index (χ2n) is 12.6. The molecule has 17 atom stereocenters. The Morgan fingerprint density at radius 1 is 0.727 bits per heavy atom. The second-order valence-corrected chi connectivity index (χ2v) is 12.6. The molecule has 5 aliphatic carbocycles. The Kier molecular flexibility index (Phi) is 5.44. The van der Waals surface area contributed by atoms with Crippen LogP contribution in [0.1, 0.15) is 47.0 Å². The summed E-state index contributed by atoms with van der Waals surface area (Å²) in [5, 5.41) is 78.9. The summed E-state index contributed by atoms with van der Waals surface area (Å²) >= 11 is 0. The Morgan fingerprint density at radius 2 is 1.33 bits per heavy atom. The van der Waals surface area contributed by atoms with Gasteiger partial charge in [0.1, 0.15) is 5.78 Å².